The standard InChI is InChI=1S/C27H53N3O10P2/c1-2-3-4-5-6-7-8-9-10-11-12-13-14-15-19-37-20-16-21-39-42(35,36)40-41(33,34)24-38-25(23-31)22-30-18-17-26(28)29-27(30)32/h17-18,25,31H,2-16,19-24H2,1H3,(H,33,34)(H,35,36)(H2,28,29,32)/p-2/t25-/m0/s1. The zero-order chi connectivity index (χ0) is 31.1. The van der Waals surface area contributed by atoms with Crippen molar-refractivity contribution in [3.63, 3.8) is 0 Å². The van der Waals surface area contributed by atoms with Crippen molar-refractivity contribution in [3.8, 4) is 0 Å². The van der Waals surface area contributed by atoms with Crippen LogP contribution >= 0.6 is 15.4 Å². The molecule has 1 aromatic rings. The van der Waals surface area contributed by atoms with Gasteiger partial charge in [0.05, 0.1) is 25.9 Å². The van der Waals surface area contributed by atoms with Crippen LogP contribution in [0.4, 0.5) is 5.82 Å². The number of aliphatic hydroxyl groups is 1. The van der Waals surface area contributed by atoms with Crippen LogP contribution in [0.1, 0.15) is 103 Å². The SMILES string of the molecule is CCCCCCCCCCCCCCCCOCCCOP(=O)([O-])OP(=O)([O-])CO[C@H](CO)Cn1ccc(N)nc1=O. The molecule has 3 N–H and O–H groups in total. The van der Waals surface area contributed by atoms with Crippen LogP contribution < -0.4 is 21.2 Å². The van der Waals surface area contributed by atoms with E-state index in [9.17, 15) is 28.8 Å². The van der Waals surface area contributed by atoms with Crippen LogP contribution in [-0.4, -0.2) is 53.5 Å². The summed E-state index contributed by atoms with van der Waals surface area (Å²) in [6.07, 6.45) is 17.1. The molecule has 246 valence electrons. The van der Waals surface area contributed by atoms with Gasteiger partial charge in [-0.3, -0.25) is 13.4 Å². The largest absolute Gasteiger partial charge is 0.777 e. The Morgan fingerprint density at radius 3 is 2.00 bits per heavy atom. The molecule has 15 heteroatoms. The van der Waals surface area contributed by atoms with Crippen molar-refractivity contribution >= 4 is 21.2 Å². The van der Waals surface area contributed by atoms with Gasteiger partial charge in [-0.25, -0.2) is 4.79 Å². The maximum absolute atomic E-state index is 12.1. The van der Waals surface area contributed by atoms with Crippen molar-refractivity contribution in [2.24, 2.45) is 0 Å². The molecule has 0 aliphatic rings. The second-order valence-electron chi connectivity index (χ2n) is 10.4. The highest BCUT2D eigenvalue weighted by Crippen LogP contribution is 2.54. The smallest absolute Gasteiger partial charge is 0.349 e. The van der Waals surface area contributed by atoms with E-state index < -0.39 is 40.2 Å². The lowest BCUT2D eigenvalue weighted by Crippen LogP contribution is -2.32. The molecule has 0 saturated heterocycles. The fraction of sp³-hybridized carbons (Fsp3) is 0.852. The molecule has 13 nitrogen and oxygen atoms in total. The quantitative estimate of drug-likeness (QED) is 0.0984. The van der Waals surface area contributed by atoms with Crippen molar-refractivity contribution < 1.29 is 42.3 Å². The number of hydrogen-bond donors (Lipinski definition) is 2. The van der Waals surface area contributed by atoms with Crippen molar-refractivity contribution in [1.29, 1.82) is 0 Å². The van der Waals surface area contributed by atoms with Gasteiger partial charge in [-0.05, 0) is 18.9 Å². The number of unbranched alkanes of at least 4 members (excludes halogenated alkanes) is 13. The third-order valence-electron chi connectivity index (χ3n) is 6.52. The Kier molecular flexibility index (Phi) is 21.5. The average molecular weight is 640 g/mol. The van der Waals surface area contributed by atoms with E-state index in [0.29, 0.717) is 6.61 Å². The van der Waals surface area contributed by atoms with Gasteiger partial charge >= 0.3 is 5.69 Å². The van der Waals surface area contributed by atoms with E-state index in [-0.39, 0.29) is 32.0 Å². The lowest BCUT2D eigenvalue weighted by molar-refractivity contribution is -0.234. The lowest BCUT2D eigenvalue weighted by Gasteiger charge is -2.31. The van der Waals surface area contributed by atoms with Crippen molar-refractivity contribution in [3.05, 3.63) is 22.7 Å². The molecule has 1 rings (SSSR count). The summed E-state index contributed by atoms with van der Waals surface area (Å²) in [6, 6.07) is 1.34. The highest BCUT2D eigenvalue weighted by molar-refractivity contribution is 7.62. The molecular formula is C27H51N3O10P2-2. The minimum absolute atomic E-state index is 0.00189. The average Bonchev–Trinajstić information content (AvgIpc) is 2.92. The molecule has 1 heterocycles. The van der Waals surface area contributed by atoms with E-state index in [2.05, 4.69) is 20.7 Å². The zero-order valence-electron chi connectivity index (χ0n) is 25.1. The van der Waals surface area contributed by atoms with Gasteiger partial charge in [0.2, 0.25) is 0 Å². The number of phosphoric ester groups is 1. The monoisotopic (exact) mass is 639 g/mol. The Morgan fingerprint density at radius 1 is 0.905 bits per heavy atom. The van der Waals surface area contributed by atoms with Gasteiger partial charge in [-0.15, -0.1) is 0 Å². The number of ether oxygens (including phenoxy) is 2. The molecule has 0 fully saturated rings. The number of aliphatic hydroxyl groups excluding tert-OH is 1. The molecule has 42 heavy (non-hydrogen) atoms. The number of anilines is 1. The summed E-state index contributed by atoms with van der Waals surface area (Å²) in [5.74, 6) is -0.00189. The van der Waals surface area contributed by atoms with Gasteiger partial charge < -0.3 is 39.2 Å². The van der Waals surface area contributed by atoms with E-state index in [1.165, 1.54) is 89.3 Å². The number of aromatic nitrogens is 2. The molecule has 0 bridgehead atoms. The predicted molar refractivity (Wildman–Crippen MR) is 158 cm³/mol. The normalized spacial score (nSPS) is 15.3. The fourth-order valence-electron chi connectivity index (χ4n) is 4.20. The van der Waals surface area contributed by atoms with Crippen LogP contribution in [-0.2, 0) is 34.0 Å². The third kappa shape index (κ3) is 20.7. The summed E-state index contributed by atoms with van der Waals surface area (Å²) < 4.78 is 44.3. The summed E-state index contributed by atoms with van der Waals surface area (Å²) in [6.45, 7) is 1.89. The van der Waals surface area contributed by atoms with Gasteiger partial charge in [-0.1, -0.05) is 90.4 Å². The topological polar surface area (TPSA) is 198 Å². The molecule has 0 aliphatic carbocycles. The Balaban J connectivity index is 2.05. The Hall–Kier alpha value is -1.14. The molecule has 2 unspecified atom stereocenters. The number of nitrogens with zero attached hydrogens (tertiary/aromatic N) is 2. The first-order chi connectivity index (χ1) is 20.1. The van der Waals surface area contributed by atoms with E-state index >= 15 is 0 Å². The van der Waals surface area contributed by atoms with Crippen LogP contribution in [0.15, 0.2) is 17.1 Å². The van der Waals surface area contributed by atoms with Crippen molar-refractivity contribution in [2.45, 2.75) is 116 Å². The lowest BCUT2D eigenvalue weighted by atomic mass is 10.0. The van der Waals surface area contributed by atoms with Crippen molar-refractivity contribution in [2.75, 3.05) is 38.5 Å². The molecule has 0 amide bonds. The van der Waals surface area contributed by atoms with Crippen LogP contribution in [0.5, 0.6) is 0 Å². The highest BCUT2D eigenvalue weighted by atomic mass is 31.3. The molecule has 0 aromatic carbocycles. The molecule has 3 atom stereocenters. The summed E-state index contributed by atoms with van der Waals surface area (Å²) in [4.78, 5) is 39.3. The van der Waals surface area contributed by atoms with Gasteiger partial charge in [0.25, 0.3) is 7.82 Å². The molecule has 0 saturated carbocycles. The second kappa shape index (κ2) is 23.3. The molecule has 0 radical (unpaired) electrons. The Bertz CT molecular complexity index is 982. The third-order valence-corrected chi connectivity index (χ3v) is 9.28. The van der Waals surface area contributed by atoms with Gasteiger partial charge in [0, 0.05) is 19.4 Å². The van der Waals surface area contributed by atoms with Crippen molar-refractivity contribution in [1.82, 2.24) is 9.55 Å². The summed E-state index contributed by atoms with van der Waals surface area (Å²) >= 11 is 0. The van der Waals surface area contributed by atoms with E-state index in [1.54, 1.807) is 0 Å². The van der Waals surface area contributed by atoms with Crippen LogP contribution in [0.25, 0.3) is 0 Å². The number of phosphoric acid groups is 1. The second-order valence-corrected chi connectivity index (χ2v) is 13.7. The van der Waals surface area contributed by atoms with E-state index in [4.69, 9.17) is 15.2 Å². The maximum Gasteiger partial charge on any atom is 0.349 e. The van der Waals surface area contributed by atoms with Crippen LogP contribution in [0.3, 0.4) is 0 Å². The fourth-order valence-corrected chi connectivity index (χ4v) is 6.54. The molecule has 0 aliphatic heterocycles. The Labute approximate surface area is 250 Å². The summed E-state index contributed by atoms with van der Waals surface area (Å²) in [5, 5.41) is 9.42. The molecule has 1 aromatic heterocycles. The first-order valence-electron chi connectivity index (χ1n) is 15.2. The highest BCUT2D eigenvalue weighted by Gasteiger charge is 2.21. The predicted octanol–water partition coefficient (Wildman–Crippen LogP) is 4.10. The number of nitrogens with two attached hydrogens (primary N) is 1. The molecule has 0 spiro atoms. The Morgan fingerprint density at radius 2 is 1.45 bits per heavy atom. The first-order valence-corrected chi connectivity index (χ1v) is 18.4. The summed E-state index contributed by atoms with van der Waals surface area (Å²) in [5.41, 5.74) is 4.68. The van der Waals surface area contributed by atoms with Gasteiger partial charge in [0.1, 0.15) is 12.2 Å². The van der Waals surface area contributed by atoms with E-state index in [1.807, 2.05) is 0 Å². The minimum atomic E-state index is -5.16. The first kappa shape index (κ1) is 38.9. The molecular weight excluding hydrogens is 588 g/mol. The van der Waals surface area contributed by atoms with E-state index in [0.717, 1.165) is 17.4 Å². The maximum atomic E-state index is 12.1. The zero-order valence-corrected chi connectivity index (χ0v) is 26.9. The van der Waals surface area contributed by atoms with Crippen LogP contribution in [0.2, 0.25) is 0 Å². The number of hydrogen-bond acceptors (Lipinski definition) is 12. The summed E-state index contributed by atoms with van der Waals surface area (Å²) in [7, 11) is -10.2. The minimum Gasteiger partial charge on any atom is -0.777 e. The van der Waals surface area contributed by atoms with Crippen LogP contribution in [0, 0.1) is 0 Å². The van der Waals surface area contributed by atoms with Gasteiger partial charge in [-0.2, -0.15) is 4.98 Å². The van der Waals surface area contributed by atoms with Gasteiger partial charge in [0.15, 0.2) is 7.60 Å². The number of rotatable bonds is 28. The number of nitrogen functional groups attached to an aromatic ring is 1.